The van der Waals surface area contributed by atoms with Crippen molar-refractivity contribution >= 4 is 16.6 Å². The zero-order valence-electron chi connectivity index (χ0n) is 12.4. The molecule has 0 bridgehead atoms. The quantitative estimate of drug-likeness (QED) is 0.713. The van der Waals surface area contributed by atoms with Crippen molar-refractivity contribution in [2.75, 3.05) is 0 Å². The third-order valence-corrected chi connectivity index (χ3v) is 3.79. The van der Waals surface area contributed by atoms with E-state index in [1.165, 1.54) is 0 Å². The second-order valence-electron chi connectivity index (χ2n) is 5.37. The van der Waals surface area contributed by atoms with Crippen molar-refractivity contribution in [3.63, 3.8) is 0 Å². The van der Waals surface area contributed by atoms with Gasteiger partial charge in [-0.25, -0.2) is 0 Å². The molecule has 3 rings (SSSR count). The molecule has 0 atom stereocenters. The van der Waals surface area contributed by atoms with Gasteiger partial charge in [-0.1, -0.05) is 36.4 Å². The summed E-state index contributed by atoms with van der Waals surface area (Å²) in [6.07, 6.45) is 0. The summed E-state index contributed by atoms with van der Waals surface area (Å²) < 4.78 is 0. The first-order valence-corrected chi connectivity index (χ1v) is 7.08. The van der Waals surface area contributed by atoms with Crippen LogP contribution in [0.1, 0.15) is 21.5 Å². The number of aryl methyl sites for hydroxylation is 1. The molecule has 0 aliphatic rings. The van der Waals surface area contributed by atoms with Crippen molar-refractivity contribution in [1.29, 1.82) is 0 Å². The second kappa shape index (κ2) is 5.57. The molecule has 0 saturated carbocycles. The van der Waals surface area contributed by atoms with Gasteiger partial charge in [0.25, 0.3) is 0 Å². The lowest BCUT2D eigenvalue weighted by Gasteiger charge is -2.04. The third kappa shape index (κ3) is 2.66. The number of hydrogen-bond donors (Lipinski definition) is 2. The number of ketones is 1. The van der Waals surface area contributed by atoms with Crippen LogP contribution in [0, 0.1) is 6.92 Å². The average Bonchev–Trinajstić information content (AvgIpc) is 2.65. The number of hydrogen-bond acceptors (Lipinski definition) is 4. The van der Waals surface area contributed by atoms with E-state index in [0.29, 0.717) is 11.1 Å². The standard InChI is InChI=1S/C19H14O4/c1-11-8-16(20)19(23)17(21)10-15(11)18(22)14-7-6-12-4-2-3-5-13(12)9-14/h2-10H,1H3,(H2,20,21,23). The summed E-state index contributed by atoms with van der Waals surface area (Å²) in [7, 11) is 0. The van der Waals surface area contributed by atoms with Crippen molar-refractivity contribution in [3.05, 3.63) is 81.5 Å². The van der Waals surface area contributed by atoms with Crippen LogP contribution in [0.15, 0.2) is 59.4 Å². The maximum atomic E-state index is 12.7. The summed E-state index contributed by atoms with van der Waals surface area (Å²) in [5.41, 5.74) is 0.292. The van der Waals surface area contributed by atoms with Gasteiger partial charge < -0.3 is 10.2 Å². The molecule has 0 amide bonds. The van der Waals surface area contributed by atoms with Crippen LogP contribution >= 0.6 is 0 Å². The molecule has 0 aromatic heterocycles. The predicted molar refractivity (Wildman–Crippen MR) is 88.2 cm³/mol. The number of aromatic hydroxyl groups is 2. The Bertz CT molecular complexity index is 990. The molecule has 0 heterocycles. The van der Waals surface area contributed by atoms with E-state index in [0.717, 1.165) is 22.9 Å². The summed E-state index contributed by atoms with van der Waals surface area (Å²) in [5, 5.41) is 21.2. The minimum Gasteiger partial charge on any atom is -0.504 e. The molecule has 0 fully saturated rings. The highest BCUT2D eigenvalue weighted by Crippen LogP contribution is 2.24. The lowest BCUT2D eigenvalue weighted by atomic mass is 9.98. The molecule has 4 nitrogen and oxygen atoms in total. The van der Waals surface area contributed by atoms with Gasteiger partial charge in [0.2, 0.25) is 11.2 Å². The molecule has 114 valence electrons. The van der Waals surface area contributed by atoms with E-state index in [1.54, 1.807) is 19.1 Å². The normalized spacial score (nSPS) is 10.7. The summed E-state index contributed by atoms with van der Waals surface area (Å²) in [6.45, 7) is 1.59. The Balaban J connectivity index is 2.18. The molecule has 23 heavy (non-hydrogen) atoms. The molecule has 0 unspecified atom stereocenters. The Morgan fingerprint density at radius 3 is 2.35 bits per heavy atom. The fourth-order valence-electron chi connectivity index (χ4n) is 2.52. The first kappa shape index (κ1) is 14.8. The topological polar surface area (TPSA) is 74.6 Å². The molecule has 0 aliphatic heterocycles. The average molecular weight is 306 g/mol. The Morgan fingerprint density at radius 2 is 1.61 bits per heavy atom. The van der Waals surface area contributed by atoms with Crippen LogP contribution < -0.4 is 5.43 Å². The van der Waals surface area contributed by atoms with Crippen LogP contribution in [-0.4, -0.2) is 16.0 Å². The van der Waals surface area contributed by atoms with Gasteiger partial charge in [-0.15, -0.1) is 0 Å². The largest absolute Gasteiger partial charge is 0.504 e. The van der Waals surface area contributed by atoms with E-state index in [-0.39, 0.29) is 11.3 Å². The highest BCUT2D eigenvalue weighted by Gasteiger charge is 2.15. The van der Waals surface area contributed by atoms with Crippen LogP contribution in [0.3, 0.4) is 0 Å². The van der Waals surface area contributed by atoms with Gasteiger partial charge in [-0.2, -0.15) is 0 Å². The first-order chi connectivity index (χ1) is 11.0. The van der Waals surface area contributed by atoms with E-state index in [1.807, 2.05) is 30.3 Å². The van der Waals surface area contributed by atoms with Crippen LogP contribution in [-0.2, 0) is 0 Å². The zero-order chi connectivity index (χ0) is 16.6. The fraction of sp³-hybridized carbons (Fsp3) is 0.0526. The van der Waals surface area contributed by atoms with Crippen LogP contribution in [0.4, 0.5) is 0 Å². The molecule has 2 N–H and O–H groups in total. The van der Waals surface area contributed by atoms with Crippen molar-refractivity contribution in [3.8, 4) is 11.5 Å². The number of benzene rings is 2. The molecule has 0 radical (unpaired) electrons. The highest BCUT2D eigenvalue weighted by molar-refractivity contribution is 6.11. The van der Waals surface area contributed by atoms with Gasteiger partial charge in [0, 0.05) is 11.1 Å². The maximum absolute atomic E-state index is 12.7. The molecule has 0 aliphatic carbocycles. The predicted octanol–water partition coefficient (Wildman–Crippen LogP) is 3.15. The molecular weight excluding hydrogens is 292 g/mol. The Labute approximate surface area is 132 Å². The van der Waals surface area contributed by atoms with Crippen LogP contribution in [0.2, 0.25) is 0 Å². The molecular formula is C19H14O4. The Morgan fingerprint density at radius 1 is 0.913 bits per heavy atom. The molecule has 0 spiro atoms. The molecule has 0 saturated heterocycles. The van der Waals surface area contributed by atoms with E-state index in [4.69, 9.17) is 0 Å². The van der Waals surface area contributed by atoms with Gasteiger partial charge in [0.05, 0.1) is 0 Å². The van der Waals surface area contributed by atoms with Crippen molar-refractivity contribution in [2.45, 2.75) is 6.92 Å². The number of fused-ring (bicyclic) bond motifs is 1. The molecule has 3 aromatic rings. The Hall–Kier alpha value is -3.14. The lowest BCUT2D eigenvalue weighted by molar-refractivity contribution is 0.103. The van der Waals surface area contributed by atoms with Gasteiger partial charge in [0.1, 0.15) is 0 Å². The summed E-state index contributed by atoms with van der Waals surface area (Å²) in [4.78, 5) is 24.4. The summed E-state index contributed by atoms with van der Waals surface area (Å²) >= 11 is 0. The smallest absolute Gasteiger partial charge is 0.224 e. The molecule has 4 heteroatoms. The van der Waals surface area contributed by atoms with E-state index in [2.05, 4.69) is 0 Å². The van der Waals surface area contributed by atoms with Crippen molar-refractivity contribution in [2.24, 2.45) is 0 Å². The minimum absolute atomic E-state index is 0.176. The van der Waals surface area contributed by atoms with Gasteiger partial charge in [-0.05, 0) is 41.5 Å². The Kier molecular flexibility index (Phi) is 3.58. The van der Waals surface area contributed by atoms with E-state index < -0.39 is 16.9 Å². The third-order valence-electron chi connectivity index (χ3n) is 3.79. The number of carbonyl (C=O) groups excluding carboxylic acids is 1. The van der Waals surface area contributed by atoms with Crippen molar-refractivity contribution < 1.29 is 15.0 Å². The second-order valence-corrected chi connectivity index (χ2v) is 5.37. The van der Waals surface area contributed by atoms with Gasteiger partial charge in [0.15, 0.2) is 11.5 Å². The molecule has 3 aromatic carbocycles. The van der Waals surface area contributed by atoms with Gasteiger partial charge >= 0.3 is 0 Å². The SMILES string of the molecule is Cc1cc(=O)c(O)c(O)cc1C(=O)c1ccc2ccccc2c1. The van der Waals surface area contributed by atoms with Crippen LogP contribution in [0.5, 0.6) is 11.5 Å². The zero-order valence-corrected chi connectivity index (χ0v) is 12.4. The summed E-state index contributed by atoms with van der Waals surface area (Å²) in [6, 6.07) is 15.2. The highest BCUT2D eigenvalue weighted by atomic mass is 16.3. The van der Waals surface area contributed by atoms with Crippen molar-refractivity contribution in [1.82, 2.24) is 0 Å². The first-order valence-electron chi connectivity index (χ1n) is 7.08. The minimum atomic E-state index is -0.759. The monoisotopic (exact) mass is 306 g/mol. The van der Waals surface area contributed by atoms with E-state index in [9.17, 15) is 19.8 Å². The number of rotatable bonds is 2. The van der Waals surface area contributed by atoms with Gasteiger partial charge in [-0.3, -0.25) is 9.59 Å². The number of carbonyl (C=O) groups is 1. The fourth-order valence-corrected chi connectivity index (χ4v) is 2.52. The maximum Gasteiger partial charge on any atom is 0.224 e. The summed E-state index contributed by atoms with van der Waals surface area (Å²) in [5.74, 6) is -1.68. The van der Waals surface area contributed by atoms with E-state index >= 15 is 0 Å². The lowest BCUT2D eigenvalue weighted by Crippen LogP contribution is -2.03. The van der Waals surface area contributed by atoms with Crippen LogP contribution in [0.25, 0.3) is 10.8 Å².